The molecule has 0 aliphatic rings. The molecule has 3 aromatic rings. The summed E-state index contributed by atoms with van der Waals surface area (Å²) in [5.74, 6) is -1.90. The molecule has 296 valence electrons. The Balaban J connectivity index is 0.000000743. The number of halogens is 9. The molecule has 22 heteroatoms. The molecule has 0 saturated carbocycles. The van der Waals surface area contributed by atoms with Gasteiger partial charge in [0.2, 0.25) is 16.3 Å². The fourth-order valence-corrected chi connectivity index (χ4v) is 4.23. The predicted molar refractivity (Wildman–Crippen MR) is 167 cm³/mol. The number of hydrogen-bond donors (Lipinski definition) is 3. The summed E-state index contributed by atoms with van der Waals surface area (Å²) in [6, 6.07) is 2.75. The van der Waals surface area contributed by atoms with Crippen molar-refractivity contribution in [2.45, 2.75) is 57.8 Å². The summed E-state index contributed by atoms with van der Waals surface area (Å²) in [5.41, 5.74) is -2.17. The fourth-order valence-electron chi connectivity index (χ4n) is 4.23. The maximum Gasteiger partial charge on any atom is 0.406 e. The zero-order chi connectivity index (χ0) is 39.6. The third kappa shape index (κ3) is 17.0. The van der Waals surface area contributed by atoms with E-state index in [0.29, 0.717) is 0 Å². The monoisotopic (exact) mass is 806 g/mol. The van der Waals surface area contributed by atoms with Gasteiger partial charge in [0.1, 0.15) is 19.6 Å². The van der Waals surface area contributed by atoms with Crippen LogP contribution in [0, 0.1) is 0 Å². The van der Waals surface area contributed by atoms with Crippen LogP contribution in [0.3, 0.4) is 0 Å². The molecule has 0 fully saturated rings. The van der Waals surface area contributed by atoms with E-state index in [1.165, 1.54) is 0 Å². The summed E-state index contributed by atoms with van der Waals surface area (Å²) < 4.78 is 113. The number of nitrogens with zero attached hydrogens (tertiary/aromatic N) is 6. The molecule has 0 aliphatic heterocycles. The van der Waals surface area contributed by atoms with Gasteiger partial charge >= 0.3 is 18.5 Å². The first-order chi connectivity index (χ1) is 23.1. The summed E-state index contributed by atoms with van der Waals surface area (Å²) >= 11 is 0. The summed E-state index contributed by atoms with van der Waals surface area (Å²) in [7, 11) is 9.80. The molecule has 3 heterocycles. The number of pyridine rings is 3. The molecule has 12 nitrogen and oxygen atoms in total. The second-order valence-electron chi connectivity index (χ2n) is 11.9. The van der Waals surface area contributed by atoms with Gasteiger partial charge in [-0.25, -0.2) is 0 Å². The summed E-state index contributed by atoms with van der Waals surface area (Å²) in [6.07, 6.45) is -10.1. The van der Waals surface area contributed by atoms with Crippen molar-refractivity contribution in [3.05, 3.63) is 84.5 Å². The minimum atomic E-state index is -4.40. The number of aromatic nitrogens is 3. The molecule has 0 amide bonds. The van der Waals surface area contributed by atoms with E-state index in [9.17, 15) is 69.2 Å². The van der Waals surface area contributed by atoms with Crippen LogP contribution in [0.15, 0.2) is 51.2 Å². The quantitative estimate of drug-likeness (QED) is 0.219. The first-order valence-corrected chi connectivity index (χ1v) is 14.5. The second-order valence-corrected chi connectivity index (χ2v) is 11.9. The molecular formula is C30H39F9FeN6O6. The van der Waals surface area contributed by atoms with Crippen LogP contribution in [-0.4, -0.2) is 105 Å². The van der Waals surface area contributed by atoms with E-state index < -0.39 is 71.7 Å². The minimum absolute atomic E-state index is 0. The average Bonchev–Trinajstić information content (AvgIpc) is 2.95. The number of aromatic hydroxyl groups is 3. The molecule has 0 unspecified atom stereocenters. The predicted octanol–water partition coefficient (Wildman–Crippen LogP) is 3.53. The van der Waals surface area contributed by atoms with Crippen molar-refractivity contribution >= 4 is 0 Å². The van der Waals surface area contributed by atoms with E-state index in [2.05, 4.69) is 0 Å². The molecule has 0 aliphatic carbocycles. The van der Waals surface area contributed by atoms with Gasteiger partial charge in [-0.3, -0.25) is 14.4 Å². The van der Waals surface area contributed by atoms with Gasteiger partial charge in [-0.2, -0.15) is 39.5 Å². The third-order valence-corrected chi connectivity index (χ3v) is 6.22. The molecule has 0 bridgehead atoms. The third-order valence-electron chi connectivity index (χ3n) is 6.22. The Morgan fingerprint density at radius 2 is 0.673 bits per heavy atom. The van der Waals surface area contributed by atoms with E-state index >= 15 is 0 Å². The van der Waals surface area contributed by atoms with Crippen LogP contribution in [-0.2, 0) is 56.3 Å². The number of hydrogen-bond acceptors (Lipinski definition) is 9. The zero-order valence-corrected chi connectivity index (χ0v) is 29.8. The van der Waals surface area contributed by atoms with Crippen molar-refractivity contribution in [1.82, 2.24) is 28.4 Å². The van der Waals surface area contributed by atoms with Gasteiger partial charge in [0.15, 0.2) is 17.2 Å². The Morgan fingerprint density at radius 1 is 0.481 bits per heavy atom. The molecule has 3 N–H and O–H groups in total. The van der Waals surface area contributed by atoms with Crippen molar-refractivity contribution in [2.24, 2.45) is 0 Å². The Morgan fingerprint density at radius 3 is 0.827 bits per heavy atom. The van der Waals surface area contributed by atoms with Crippen LogP contribution in [0.5, 0.6) is 17.2 Å². The van der Waals surface area contributed by atoms with Gasteiger partial charge in [-0.15, -0.1) is 0 Å². The summed E-state index contributed by atoms with van der Waals surface area (Å²) in [4.78, 5) is 38.2. The van der Waals surface area contributed by atoms with Gasteiger partial charge in [-0.1, -0.05) is 0 Å². The molecule has 3 rings (SSSR count). The Hall–Kier alpha value is -3.98. The molecule has 0 spiro atoms. The van der Waals surface area contributed by atoms with Crippen molar-refractivity contribution in [2.75, 3.05) is 42.3 Å². The van der Waals surface area contributed by atoms with Gasteiger partial charge in [0.25, 0.3) is 0 Å². The van der Waals surface area contributed by atoms with Crippen LogP contribution in [0.25, 0.3) is 0 Å². The van der Waals surface area contributed by atoms with Crippen LogP contribution < -0.4 is 16.3 Å². The maximum absolute atomic E-state index is 12.3. The van der Waals surface area contributed by atoms with Crippen LogP contribution in [0.4, 0.5) is 39.5 Å². The minimum Gasteiger partial charge on any atom is -0.503 e. The van der Waals surface area contributed by atoms with Gasteiger partial charge in [0, 0.05) is 73.5 Å². The molecule has 0 aromatic carbocycles. The van der Waals surface area contributed by atoms with E-state index in [4.69, 9.17) is 0 Å². The Kier molecular flexibility index (Phi) is 18.2. The molecule has 0 radical (unpaired) electrons. The van der Waals surface area contributed by atoms with Crippen molar-refractivity contribution in [1.29, 1.82) is 0 Å². The van der Waals surface area contributed by atoms with Crippen molar-refractivity contribution in [3.63, 3.8) is 0 Å². The largest absolute Gasteiger partial charge is 0.503 e. The standard InChI is InChI=1S/3C10H13F3N2O2.Fe/c3*1-14(2)5-7-9(17)8(16)3-4-15(7)6-10(11,12)13;/h3*3-4,17H,5-6H2,1-2H3;. The first kappa shape index (κ1) is 48.0. The summed E-state index contributed by atoms with van der Waals surface area (Å²) in [6.45, 7) is -3.54. The van der Waals surface area contributed by atoms with Crippen LogP contribution >= 0.6 is 0 Å². The fraction of sp³-hybridized carbons (Fsp3) is 0.500. The van der Waals surface area contributed by atoms with E-state index in [1.54, 1.807) is 57.0 Å². The smallest absolute Gasteiger partial charge is 0.406 e. The van der Waals surface area contributed by atoms with E-state index in [0.717, 1.165) is 50.5 Å². The van der Waals surface area contributed by atoms with Crippen molar-refractivity contribution in [3.8, 4) is 17.2 Å². The topological polar surface area (TPSA) is 136 Å². The van der Waals surface area contributed by atoms with Gasteiger partial charge < -0.3 is 43.7 Å². The first-order valence-electron chi connectivity index (χ1n) is 14.5. The Labute approximate surface area is 302 Å². The molecule has 0 atom stereocenters. The van der Waals surface area contributed by atoms with E-state index in [1.807, 2.05) is 0 Å². The zero-order valence-electron chi connectivity index (χ0n) is 28.7. The van der Waals surface area contributed by atoms with Gasteiger partial charge in [-0.05, 0) is 42.3 Å². The Bertz CT molecular complexity index is 1570. The number of alkyl halides is 9. The van der Waals surface area contributed by atoms with Crippen LogP contribution in [0.2, 0.25) is 0 Å². The summed E-state index contributed by atoms with van der Waals surface area (Å²) in [5, 5.41) is 28.5. The number of rotatable bonds is 9. The van der Waals surface area contributed by atoms with Gasteiger partial charge in [0.05, 0.1) is 17.1 Å². The van der Waals surface area contributed by atoms with E-state index in [-0.39, 0.29) is 53.8 Å². The average molecular weight is 807 g/mol. The SMILES string of the molecule is CN(C)Cc1c(O)c(=O)ccn1CC(F)(F)F.CN(C)Cc1c(O)c(=O)ccn1CC(F)(F)F.CN(C)Cc1c(O)c(=O)ccn1CC(F)(F)F.[Fe]. The van der Waals surface area contributed by atoms with Crippen molar-refractivity contribution < 1.29 is 71.9 Å². The normalized spacial score (nSPS) is 11.9. The molecule has 52 heavy (non-hydrogen) atoms. The second kappa shape index (κ2) is 19.7. The molecule has 0 saturated heterocycles. The molecular weight excluding hydrogens is 767 g/mol. The van der Waals surface area contributed by atoms with Crippen LogP contribution in [0.1, 0.15) is 17.1 Å². The molecule has 3 aromatic heterocycles. The maximum atomic E-state index is 12.3.